The zero-order valence-corrected chi connectivity index (χ0v) is 11.6. The van der Waals surface area contributed by atoms with Crippen molar-refractivity contribution in [2.75, 3.05) is 26.2 Å². The van der Waals surface area contributed by atoms with Gasteiger partial charge in [0, 0.05) is 37.8 Å². The first-order valence-corrected chi connectivity index (χ1v) is 6.23. The smallest absolute Gasteiger partial charge is 0.314 e. The summed E-state index contributed by atoms with van der Waals surface area (Å²) in [4.78, 5) is 1.70. The van der Waals surface area contributed by atoms with Crippen LogP contribution >= 0.6 is 12.4 Å². The SMILES string of the molecule is Cl.Fc1ccccc1[C@@H](CC(F)(F)F)N1CCNCC1. The van der Waals surface area contributed by atoms with Gasteiger partial charge in [-0.05, 0) is 6.07 Å². The second-order valence-electron chi connectivity index (χ2n) is 4.64. The largest absolute Gasteiger partial charge is 0.390 e. The van der Waals surface area contributed by atoms with Gasteiger partial charge in [0.25, 0.3) is 0 Å². The van der Waals surface area contributed by atoms with Gasteiger partial charge in [0.1, 0.15) is 5.82 Å². The van der Waals surface area contributed by atoms with E-state index in [-0.39, 0.29) is 18.0 Å². The Morgan fingerprint density at radius 3 is 2.30 bits per heavy atom. The molecule has 1 aromatic rings. The molecule has 2 rings (SSSR count). The number of alkyl halides is 3. The van der Waals surface area contributed by atoms with E-state index in [0.717, 1.165) is 0 Å². The minimum absolute atomic E-state index is 0. The second kappa shape index (κ2) is 7.24. The van der Waals surface area contributed by atoms with Gasteiger partial charge in [-0.3, -0.25) is 4.90 Å². The van der Waals surface area contributed by atoms with Crippen LogP contribution in [0.25, 0.3) is 0 Å². The topological polar surface area (TPSA) is 15.3 Å². The third-order valence-corrected chi connectivity index (χ3v) is 3.28. The van der Waals surface area contributed by atoms with Crippen molar-refractivity contribution < 1.29 is 17.6 Å². The third-order valence-electron chi connectivity index (χ3n) is 3.28. The van der Waals surface area contributed by atoms with Gasteiger partial charge in [-0.1, -0.05) is 18.2 Å². The number of benzene rings is 1. The highest BCUT2D eigenvalue weighted by Crippen LogP contribution is 2.34. The minimum atomic E-state index is -4.31. The maximum atomic E-state index is 13.8. The highest BCUT2D eigenvalue weighted by molar-refractivity contribution is 5.85. The van der Waals surface area contributed by atoms with Crippen LogP contribution in [0.4, 0.5) is 17.6 Å². The van der Waals surface area contributed by atoms with Gasteiger partial charge in [-0.25, -0.2) is 4.39 Å². The second-order valence-corrected chi connectivity index (χ2v) is 4.64. The lowest BCUT2D eigenvalue weighted by Gasteiger charge is -2.35. The number of halogens is 5. The monoisotopic (exact) mass is 312 g/mol. The summed E-state index contributed by atoms with van der Waals surface area (Å²) in [6, 6.07) is 4.77. The van der Waals surface area contributed by atoms with Crippen molar-refractivity contribution in [3.05, 3.63) is 35.6 Å². The van der Waals surface area contributed by atoms with Crippen LogP contribution in [0.3, 0.4) is 0 Å². The lowest BCUT2D eigenvalue weighted by Crippen LogP contribution is -2.46. The Morgan fingerprint density at radius 2 is 1.75 bits per heavy atom. The summed E-state index contributed by atoms with van der Waals surface area (Å²) < 4.78 is 51.9. The number of nitrogens with zero attached hydrogens (tertiary/aromatic N) is 1. The summed E-state index contributed by atoms with van der Waals surface area (Å²) in [5, 5.41) is 3.08. The molecule has 0 radical (unpaired) electrons. The highest BCUT2D eigenvalue weighted by atomic mass is 35.5. The first-order chi connectivity index (χ1) is 8.97. The Hall–Kier alpha value is -0.850. The van der Waals surface area contributed by atoms with E-state index in [9.17, 15) is 17.6 Å². The zero-order valence-electron chi connectivity index (χ0n) is 10.8. The lowest BCUT2D eigenvalue weighted by atomic mass is 10.0. The van der Waals surface area contributed by atoms with Gasteiger partial charge in [-0.2, -0.15) is 13.2 Å². The molecule has 1 aliphatic heterocycles. The summed E-state index contributed by atoms with van der Waals surface area (Å²) in [6.45, 7) is 2.25. The van der Waals surface area contributed by atoms with Crippen molar-refractivity contribution >= 4 is 12.4 Å². The highest BCUT2D eigenvalue weighted by Gasteiger charge is 2.36. The normalized spacial score (nSPS) is 18.4. The maximum absolute atomic E-state index is 13.8. The van der Waals surface area contributed by atoms with Crippen LogP contribution in [0, 0.1) is 5.82 Å². The van der Waals surface area contributed by atoms with E-state index in [4.69, 9.17) is 0 Å². The summed E-state index contributed by atoms with van der Waals surface area (Å²) in [6.07, 6.45) is -5.33. The number of nitrogens with one attached hydrogen (secondary N) is 1. The van der Waals surface area contributed by atoms with Gasteiger partial charge >= 0.3 is 6.18 Å². The fraction of sp³-hybridized carbons (Fsp3) is 0.538. The molecule has 1 heterocycles. The summed E-state index contributed by atoms with van der Waals surface area (Å²) in [5.74, 6) is -0.574. The molecule has 0 spiro atoms. The van der Waals surface area contributed by atoms with Crippen LogP contribution in [0.1, 0.15) is 18.0 Å². The molecule has 1 fully saturated rings. The van der Waals surface area contributed by atoms with Crippen molar-refractivity contribution in [3.8, 4) is 0 Å². The Bertz CT molecular complexity index is 419. The molecule has 1 aliphatic rings. The number of rotatable bonds is 3. The molecule has 0 unspecified atom stereocenters. The van der Waals surface area contributed by atoms with Gasteiger partial charge in [0.15, 0.2) is 0 Å². The van der Waals surface area contributed by atoms with Crippen LogP contribution in [-0.2, 0) is 0 Å². The van der Waals surface area contributed by atoms with Gasteiger partial charge in [-0.15, -0.1) is 12.4 Å². The molecule has 20 heavy (non-hydrogen) atoms. The van der Waals surface area contributed by atoms with Gasteiger partial charge in [0.05, 0.1) is 6.42 Å². The minimum Gasteiger partial charge on any atom is -0.314 e. The van der Waals surface area contributed by atoms with E-state index in [1.807, 2.05) is 0 Å². The van der Waals surface area contributed by atoms with Crippen molar-refractivity contribution in [3.63, 3.8) is 0 Å². The molecule has 1 saturated heterocycles. The molecular formula is C13H17ClF4N2. The number of hydrogen-bond donors (Lipinski definition) is 1. The molecule has 1 atom stereocenters. The summed E-state index contributed by atoms with van der Waals surface area (Å²) >= 11 is 0. The molecular weight excluding hydrogens is 296 g/mol. The van der Waals surface area contributed by atoms with E-state index in [1.54, 1.807) is 11.0 Å². The van der Waals surface area contributed by atoms with Crippen LogP contribution in [0.2, 0.25) is 0 Å². The molecule has 1 N–H and O–H groups in total. The lowest BCUT2D eigenvalue weighted by molar-refractivity contribution is -0.149. The molecule has 0 aliphatic carbocycles. The molecule has 0 amide bonds. The van der Waals surface area contributed by atoms with Crippen LogP contribution in [0.5, 0.6) is 0 Å². The fourth-order valence-corrected chi connectivity index (χ4v) is 2.39. The first-order valence-electron chi connectivity index (χ1n) is 6.23. The average Bonchev–Trinajstić information content (AvgIpc) is 2.37. The maximum Gasteiger partial charge on any atom is 0.390 e. The van der Waals surface area contributed by atoms with E-state index in [0.29, 0.717) is 26.2 Å². The van der Waals surface area contributed by atoms with Crippen LogP contribution in [0.15, 0.2) is 24.3 Å². The van der Waals surface area contributed by atoms with E-state index < -0.39 is 24.5 Å². The summed E-state index contributed by atoms with van der Waals surface area (Å²) in [5.41, 5.74) is 0.127. The van der Waals surface area contributed by atoms with Crippen molar-refractivity contribution in [2.45, 2.75) is 18.6 Å². The molecule has 2 nitrogen and oxygen atoms in total. The standard InChI is InChI=1S/C13H16F4N2.ClH/c14-11-4-2-1-3-10(11)12(9-13(15,16)17)19-7-5-18-6-8-19;/h1-4,12,18H,5-9H2;1H/t12-;/m1./s1. The number of piperazine rings is 1. The van der Waals surface area contributed by atoms with E-state index in [1.165, 1.54) is 18.2 Å². The molecule has 114 valence electrons. The van der Waals surface area contributed by atoms with Crippen LogP contribution in [-0.4, -0.2) is 37.3 Å². The molecule has 1 aromatic carbocycles. The Labute approximate surface area is 121 Å². The zero-order chi connectivity index (χ0) is 13.9. The Morgan fingerprint density at radius 1 is 1.15 bits per heavy atom. The van der Waals surface area contributed by atoms with E-state index in [2.05, 4.69) is 5.32 Å². The average molecular weight is 313 g/mol. The Balaban J connectivity index is 0.00000200. The Kier molecular flexibility index (Phi) is 6.23. The quantitative estimate of drug-likeness (QED) is 0.863. The molecule has 0 bridgehead atoms. The van der Waals surface area contributed by atoms with Crippen molar-refractivity contribution in [1.29, 1.82) is 0 Å². The van der Waals surface area contributed by atoms with Crippen molar-refractivity contribution in [2.24, 2.45) is 0 Å². The molecule has 0 aromatic heterocycles. The van der Waals surface area contributed by atoms with E-state index >= 15 is 0 Å². The van der Waals surface area contributed by atoms with Crippen LogP contribution < -0.4 is 5.32 Å². The first kappa shape index (κ1) is 17.2. The van der Waals surface area contributed by atoms with Gasteiger partial charge < -0.3 is 5.32 Å². The number of hydrogen-bond acceptors (Lipinski definition) is 2. The van der Waals surface area contributed by atoms with Gasteiger partial charge in [0.2, 0.25) is 0 Å². The van der Waals surface area contributed by atoms with Crippen molar-refractivity contribution in [1.82, 2.24) is 10.2 Å². The molecule has 7 heteroatoms. The fourth-order valence-electron chi connectivity index (χ4n) is 2.39. The predicted molar refractivity (Wildman–Crippen MR) is 71.5 cm³/mol. The molecule has 0 saturated carbocycles. The predicted octanol–water partition coefficient (Wildman–Crippen LogP) is 3.15. The summed E-state index contributed by atoms with van der Waals surface area (Å²) in [7, 11) is 0. The third kappa shape index (κ3) is 4.61.